The van der Waals surface area contributed by atoms with Crippen LogP contribution in [0.3, 0.4) is 0 Å². The summed E-state index contributed by atoms with van der Waals surface area (Å²) in [7, 11) is 0. The first-order valence-electron chi connectivity index (χ1n) is 3.16. The minimum absolute atomic E-state index is 0. The van der Waals surface area contributed by atoms with Crippen molar-refractivity contribution in [2.75, 3.05) is 13.2 Å². The van der Waals surface area contributed by atoms with Gasteiger partial charge in [-0.3, -0.25) is 0 Å². The van der Waals surface area contributed by atoms with Gasteiger partial charge >= 0.3 is 0 Å². The predicted molar refractivity (Wildman–Crippen MR) is 39.8 cm³/mol. The van der Waals surface area contributed by atoms with E-state index in [1.54, 1.807) is 0 Å². The van der Waals surface area contributed by atoms with E-state index in [1.165, 1.54) is 0 Å². The molecule has 0 aromatic carbocycles. The maximum atomic E-state index is 5.44. The van der Waals surface area contributed by atoms with E-state index in [2.05, 4.69) is 6.92 Å². The molecule has 0 amide bonds. The van der Waals surface area contributed by atoms with E-state index in [4.69, 9.17) is 10.5 Å². The van der Waals surface area contributed by atoms with Gasteiger partial charge in [-0.05, 0) is 25.8 Å². The molecule has 0 spiro atoms. The molecule has 56 valence electrons. The van der Waals surface area contributed by atoms with Crippen LogP contribution >= 0.6 is 12.4 Å². The fourth-order valence-electron chi connectivity index (χ4n) is 1.09. The minimum atomic E-state index is 0. The third-order valence-corrected chi connectivity index (χ3v) is 1.84. The summed E-state index contributed by atoms with van der Waals surface area (Å²) in [6.07, 6.45) is 1.55. The summed E-state index contributed by atoms with van der Waals surface area (Å²) in [6, 6.07) is 0. The molecular formula is C6H14ClNO. The van der Waals surface area contributed by atoms with Crippen molar-refractivity contribution in [1.29, 1.82) is 0 Å². The number of rotatable bonds is 1. The lowest BCUT2D eigenvalue weighted by Crippen LogP contribution is -2.20. The largest absolute Gasteiger partial charge is 0.378 e. The molecule has 2 nitrogen and oxygen atoms in total. The topological polar surface area (TPSA) is 35.2 Å². The second kappa shape index (κ2) is 4.09. The lowest BCUT2D eigenvalue weighted by Gasteiger charge is -2.08. The van der Waals surface area contributed by atoms with Gasteiger partial charge in [0.15, 0.2) is 0 Å². The molecular weight excluding hydrogens is 138 g/mol. The van der Waals surface area contributed by atoms with Crippen molar-refractivity contribution in [2.45, 2.75) is 19.4 Å². The second-order valence-electron chi connectivity index (χ2n) is 2.36. The summed E-state index contributed by atoms with van der Waals surface area (Å²) in [5.74, 6) is 0.620. The molecule has 1 aliphatic heterocycles. The third kappa shape index (κ3) is 2.12. The standard InChI is InChI=1S/C6H13NO.ClH/c1-5-6(4-7)2-3-8-5;/h5-6H,2-4,7H2,1H3;1H. The molecule has 0 aromatic heterocycles. The third-order valence-electron chi connectivity index (χ3n) is 1.84. The van der Waals surface area contributed by atoms with Crippen molar-refractivity contribution in [1.82, 2.24) is 0 Å². The van der Waals surface area contributed by atoms with Crippen LogP contribution in [-0.4, -0.2) is 19.3 Å². The van der Waals surface area contributed by atoms with Gasteiger partial charge in [0.1, 0.15) is 0 Å². The van der Waals surface area contributed by atoms with Crippen molar-refractivity contribution >= 4 is 12.4 Å². The summed E-state index contributed by atoms with van der Waals surface area (Å²) < 4.78 is 5.28. The molecule has 0 bridgehead atoms. The van der Waals surface area contributed by atoms with Crippen LogP contribution in [0.5, 0.6) is 0 Å². The number of hydrogen-bond acceptors (Lipinski definition) is 2. The van der Waals surface area contributed by atoms with Gasteiger partial charge in [0.2, 0.25) is 0 Å². The van der Waals surface area contributed by atoms with Crippen molar-refractivity contribution in [3.63, 3.8) is 0 Å². The molecule has 0 aromatic rings. The SMILES string of the molecule is CC1OCCC1CN.Cl. The van der Waals surface area contributed by atoms with Crippen LogP contribution in [0.25, 0.3) is 0 Å². The number of ether oxygens (including phenoxy) is 1. The van der Waals surface area contributed by atoms with Gasteiger partial charge in [-0.2, -0.15) is 0 Å². The molecule has 9 heavy (non-hydrogen) atoms. The first-order chi connectivity index (χ1) is 3.84. The van der Waals surface area contributed by atoms with E-state index in [0.717, 1.165) is 19.6 Å². The summed E-state index contributed by atoms with van der Waals surface area (Å²) in [6.45, 7) is 3.77. The van der Waals surface area contributed by atoms with Gasteiger partial charge in [-0.25, -0.2) is 0 Å². The van der Waals surface area contributed by atoms with E-state index >= 15 is 0 Å². The van der Waals surface area contributed by atoms with Crippen LogP contribution in [0.2, 0.25) is 0 Å². The summed E-state index contributed by atoms with van der Waals surface area (Å²) in [5.41, 5.74) is 5.44. The van der Waals surface area contributed by atoms with Gasteiger partial charge < -0.3 is 10.5 Å². The van der Waals surface area contributed by atoms with Crippen molar-refractivity contribution in [2.24, 2.45) is 11.7 Å². The molecule has 2 N–H and O–H groups in total. The number of nitrogens with two attached hydrogens (primary N) is 1. The van der Waals surface area contributed by atoms with E-state index in [-0.39, 0.29) is 12.4 Å². The average Bonchev–Trinajstić information content (AvgIpc) is 2.14. The smallest absolute Gasteiger partial charge is 0.0588 e. The Balaban J connectivity index is 0.000000640. The van der Waals surface area contributed by atoms with Crippen molar-refractivity contribution in [3.05, 3.63) is 0 Å². The molecule has 3 heteroatoms. The van der Waals surface area contributed by atoms with Gasteiger partial charge in [-0.1, -0.05) is 0 Å². The molecule has 1 rings (SSSR count). The normalized spacial score (nSPS) is 34.0. The van der Waals surface area contributed by atoms with Gasteiger partial charge in [0, 0.05) is 6.61 Å². The molecule has 2 unspecified atom stereocenters. The van der Waals surface area contributed by atoms with Crippen LogP contribution in [0, 0.1) is 5.92 Å². The van der Waals surface area contributed by atoms with E-state index in [1.807, 2.05) is 0 Å². The molecule has 1 saturated heterocycles. The zero-order valence-electron chi connectivity index (χ0n) is 5.67. The quantitative estimate of drug-likeness (QED) is 0.602. The summed E-state index contributed by atoms with van der Waals surface area (Å²) in [4.78, 5) is 0. The molecule has 1 heterocycles. The number of hydrogen-bond donors (Lipinski definition) is 1. The van der Waals surface area contributed by atoms with Crippen LogP contribution in [0.1, 0.15) is 13.3 Å². The van der Waals surface area contributed by atoms with Gasteiger partial charge in [-0.15, -0.1) is 12.4 Å². The van der Waals surface area contributed by atoms with E-state index in [0.29, 0.717) is 12.0 Å². The summed E-state index contributed by atoms with van der Waals surface area (Å²) in [5, 5.41) is 0. The molecule has 1 fully saturated rings. The lowest BCUT2D eigenvalue weighted by atomic mass is 10.0. The zero-order valence-corrected chi connectivity index (χ0v) is 6.49. The Morgan fingerprint density at radius 3 is 2.56 bits per heavy atom. The average molecular weight is 152 g/mol. The monoisotopic (exact) mass is 151 g/mol. The fraction of sp³-hybridized carbons (Fsp3) is 1.00. The fourth-order valence-corrected chi connectivity index (χ4v) is 1.09. The number of halogens is 1. The van der Waals surface area contributed by atoms with E-state index < -0.39 is 0 Å². The highest BCUT2D eigenvalue weighted by molar-refractivity contribution is 5.85. The predicted octanol–water partition coefficient (Wildman–Crippen LogP) is 0.792. The highest BCUT2D eigenvalue weighted by Gasteiger charge is 2.21. The molecule has 1 aliphatic rings. The molecule has 0 aliphatic carbocycles. The molecule has 0 saturated carbocycles. The maximum Gasteiger partial charge on any atom is 0.0588 e. The highest BCUT2D eigenvalue weighted by atomic mass is 35.5. The van der Waals surface area contributed by atoms with Gasteiger partial charge in [0.25, 0.3) is 0 Å². The maximum absolute atomic E-state index is 5.44. The Labute approximate surface area is 62.2 Å². The molecule has 2 atom stereocenters. The van der Waals surface area contributed by atoms with Crippen LogP contribution in [-0.2, 0) is 4.74 Å². The summed E-state index contributed by atoms with van der Waals surface area (Å²) >= 11 is 0. The van der Waals surface area contributed by atoms with Crippen molar-refractivity contribution in [3.8, 4) is 0 Å². The van der Waals surface area contributed by atoms with Crippen LogP contribution in [0.4, 0.5) is 0 Å². The Morgan fingerprint density at radius 1 is 1.67 bits per heavy atom. The van der Waals surface area contributed by atoms with E-state index in [9.17, 15) is 0 Å². The van der Waals surface area contributed by atoms with Crippen molar-refractivity contribution < 1.29 is 4.74 Å². The Hall–Kier alpha value is 0.210. The lowest BCUT2D eigenvalue weighted by molar-refractivity contribution is 0.107. The molecule has 0 radical (unpaired) electrons. The van der Waals surface area contributed by atoms with Gasteiger partial charge in [0.05, 0.1) is 6.10 Å². The second-order valence-corrected chi connectivity index (χ2v) is 2.36. The Kier molecular flexibility index (Phi) is 4.19. The highest BCUT2D eigenvalue weighted by Crippen LogP contribution is 2.18. The first-order valence-corrected chi connectivity index (χ1v) is 3.16. The Bertz CT molecular complexity index is 79.5. The Morgan fingerprint density at radius 2 is 2.33 bits per heavy atom. The first kappa shape index (κ1) is 9.21. The minimum Gasteiger partial charge on any atom is -0.378 e. The zero-order chi connectivity index (χ0) is 5.98. The van der Waals surface area contributed by atoms with Crippen LogP contribution in [0.15, 0.2) is 0 Å². The van der Waals surface area contributed by atoms with Crippen LogP contribution < -0.4 is 5.73 Å².